The van der Waals surface area contributed by atoms with Gasteiger partial charge in [-0.05, 0) is 43.2 Å². The van der Waals surface area contributed by atoms with E-state index in [4.69, 9.17) is 11.6 Å². The Morgan fingerprint density at radius 3 is 2.75 bits per heavy atom. The van der Waals surface area contributed by atoms with E-state index in [1.807, 2.05) is 66.5 Å². The van der Waals surface area contributed by atoms with Crippen LogP contribution >= 0.6 is 34.3 Å². The third-order valence-corrected chi connectivity index (χ3v) is 6.70. The molecule has 8 heteroatoms. The van der Waals surface area contributed by atoms with E-state index >= 15 is 0 Å². The van der Waals surface area contributed by atoms with Crippen LogP contribution in [0.25, 0.3) is 15.6 Å². The molecule has 0 unspecified atom stereocenters. The van der Waals surface area contributed by atoms with Crippen molar-refractivity contribution in [1.82, 2.24) is 20.1 Å². The summed E-state index contributed by atoms with van der Waals surface area (Å²) in [7, 11) is 0. The molecule has 4 aromatic rings. The molecule has 0 saturated carbocycles. The van der Waals surface area contributed by atoms with Gasteiger partial charge in [-0.3, -0.25) is 4.79 Å². The van der Waals surface area contributed by atoms with Gasteiger partial charge in [0.25, 0.3) is 5.91 Å². The molecule has 28 heavy (non-hydrogen) atoms. The van der Waals surface area contributed by atoms with Gasteiger partial charge in [-0.1, -0.05) is 29.8 Å². The molecule has 1 aromatic carbocycles. The van der Waals surface area contributed by atoms with E-state index < -0.39 is 0 Å². The lowest BCUT2D eigenvalue weighted by molar-refractivity contribution is 0.0957. The molecule has 1 amide bonds. The third-order valence-electron chi connectivity index (χ3n) is 4.14. The average molecular weight is 429 g/mol. The van der Waals surface area contributed by atoms with E-state index in [2.05, 4.69) is 15.4 Å². The summed E-state index contributed by atoms with van der Waals surface area (Å²) in [5.41, 5.74) is 2.82. The molecule has 5 nitrogen and oxygen atoms in total. The highest BCUT2D eigenvalue weighted by atomic mass is 35.5. The standard InChI is InChI=1S/C20H17ClN4OS2/c1-13-18(28-20(24-13)16-7-8-17(21)27-16)19(26)22-10-9-14-11-23-25(12-14)15-5-3-2-4-6-15/h2-8,11-12H,9-10H2,1H3,(H,22,26). The van der Waals surface area contributed by atoms with Crippen LogP contribution in [0.5, 0.6) is 0 Å². The highest BCUT2D eigenvalue weighted by Gasteiger charge is 2.17. The Bertz CT molecular complexity index is 1100. The first-order valence-corrected chi connectivity index (χ1v) is 10.7. The first-order valence-electron chi connectivity index (χ1n) is 8.70. The minimum Gasteiger partial charge on any atom is -0.351 e. The monoisotopic (exact) mass is 428 g/mol. The molecule has 1 N–H and O–H groups in total. The van der Waals surface area contributed by atoms with Gasteiger partial charge in [-0.15, -0.1) is 22.7 Å². The van der Waals surface area contributed by atoms with Crippen molar-refractivity contribution >= 4 is 40.2 Å². The zero-order valence-electron chi connectivity index (χ0n) is 15.1. The smallest absolute Gasteiger partial charge is 0.263 e. The maximum Gasteiger partial charge on any atom is 0.263 e. The molecule has 4 rings (SSSR count). The van der Waals surface area contributed by atoms with Gasteiger partial charge in [0.2, 0.25) is 0 Å². The number of aryl methyl sites for hydroxylation is 1. The second-order valence-corrected chi connectivity index (χ2v) is 8.89. The Labute approximate surface area is 175 Å². The number of aromatic nitrogens is 3. The van der Waals surface area contributed by atoms with E-state index in [-0.39, 0.29) is 5.91 Å². The van der Waals surface area contributed by atoms with E-state index in [1.165, 1.54) is 22.7 Å². The molecule has 0 aliphatic carbocycles. The second kappa shape index (κ2) is 8.26. The van der Waals surface area contributed by atoms with Gasteiger partial charge in [0.05, 0.1) is 26.8 Å². The van der Waals surface area contributed by atoms with Crippen LogP contribution in [0.3, 0.4) is 0 Å². The van der Waals surface area contributed by atoms with Crippen molar-refractivity contribution in [2.45, 2.75) is 13.3 Å². The Hall–Kier alpha value is -2.48. The number of benzene rings is 1. The largest absolute Gasteiger partial charge is 0.351 e. The quantitative estimate of drug-likeness (QED) is 0.470. The van der Waals surface area contributed by atoms with Crippen molar-refractivity contribution in [1.29, 1.82) is 0 Å². The lowest BCUT2D eigenvalue weighted by Gasteiger charge is -2.03. The normalized spacial score (nSPS) is 10.9. The average Bonchev–Trinajstić information content (AvgIpc) is 3.42. The van der Waals surface area contributed by atoms with Crippen molar-refractivity contribution in [3.05, 3.63) is 75.3 Å². The summed E-state index contributed by atoms with van der Waals surface area (Å²) in [5, 5.41) is 8.18. The minimum absolute atomic E-state index is 0.0978. The topological polar surface area (TPSA) is 59.8 Å². The Morgan fingerprint density at radius 1 is 1.18 bits per heavy atom. The molecule has 0 bridgehead atoms. The van der Waals surface area contributed by atoms with Gasteiger partial charge >= 0.3 is 0 Å². The van der Waals surface area contributed by atoms with Gasteiger partial charge in [0.1, 0.15) is 9.88 Å². The molecule has 0 radical (unpaired) electrons. The summed E-state index contributed by atoms with van der Waals surface area (Å²) in [6, 6.07) is 13.7. The minimum atomic E-state index is -0.0978. The fraction of sp³-hybridized carbons (Fsp3) is 0.150. The summed E-state index contributed by atoms with van der Waals surface area (Å²) in [4.78, 5) is 18.7. The first-order chi connectivity index (χ1) is 13.6. The highest BCUT2D eigenvalue weighted by molar-refractivity contribution is 7.24. The lowest BCUT2D eigenvalue weighted by atomic mass is 10.2. The third kappa shape index (κ3) is 4.16. The maximum atomic E-state index is 12.5. The van der Waals surface area contributed by atoms with E-state index in [0.717, 1.165) is 26.8 Å². The summed E-state index contributed by atoms with van der Waals surface area (Å²) < 4.78 is 2.55. The number of thiazole rings is 1. The molecule has 3 heterocycles. The van der Waals surface area contributed by atoms with Gasteiger partial charge < -0.3 is 5.32 Å². The van der Waals surface area contributed by atoms with Crippen molar-refractivity contribution in [3.8, 4) is 15.6 Å². The summed E-state index contributed by atoms with van der Waals surface area (Å²) >= 11 is 8.85. The van der Waals surface area contributed by atoms with Crippen LogP contribution in [0, 0.1) is 6.92 Å². The van der Waals surface area contributed by atoms with Gasteiger partial charge in [0, 0.05) is 12.7 Å². The van der Waals surface area contributed by atoms with Crippen LogP contribution in [0.1, 0.15) is 20.9 Å². The Balaban J connectivity index is 1.36. The van der Waals surface area contributed by atoms with Crippen molar-refractivity contribution in [3.63, 3.8) is 0 Å². The Kier molecular flexibility index (Phi) is 5.57. The van der Waals surface area contributed by atoms with Crippen molar-refractivity contribution in [2.24, 2.45) is 0 Å². The molecule has 3 aromatic heterocycles. The van der Waals surface area contributed by atoms with E-state index in [9.17, 15) is 4.79 Å². The maximum absolute atomic E-state index is 12.5. The number of amides is 1. The number of halogens is 1. The molecule has 0 atom stereocenters. The highest BCUT2D eigenvalue weighted by Crippen LogP contribution is 2.34. The van der Waals surface area contributed by atoms with E-state index in [1.54, 1.807) is 0 Å². The number of nitrogens with one attached hydrogen (secondary N) is 1. The first kappa shape index (κ1) is 18.9. The Morgan fingerprint density at radius 2 is 2.00 bits per heavy atom. The van der Waals surface area contributed by atoms with Crippen LogP contribution in [0.2, 0.25) is 4.34 Å². The summed E-state index contributed by atoms with van der Waals surface area (Å²) in [5.74, 6) is -0.0978. The molecule has 0 saturated heterocycles. The number of rotatable bonds is 6. The molecule has 0 aliphatic rings. The lowest BCUT2D eigenvalue weighted by Crippen LogP contribution is -2.25. The number of carbonyl (C=O) groups is 1. The van der Waals surface area contributed by atoms with Gasteiger partial charge in [-0.2, -0.15) is 5.10 Å². The SMILES string of the molecule is Cc1nc(-c2ccc(Cl)s2)sc1C(=O)NCCc1cnn(-c2ccccc2)c1. The number of nitrogens with zero attached hydrogens (tertiary/aromatic N) is 3. The van der Waals surface area contributed by atoms with Gasteiger partial charge in [0.15, 0.2) is 0 Å². The number of para-hydroxylation sites is 1. The molecule has 0 aliphatic heterocycles. The predicted molar refractivity (Wildman–Crippen MR) is 115 cm³/mol. The second-order valence-electron chi connectivity index (χ2n) is 6.17. The number of hydrogen-bond donors (Lipinski definition) is 1. The summed E-state index contributed by atoms with van der Waals surface area (Å²) in [6.45, 7) is 2.39. The molecular formula is C20H17ClN4OS2. The van der Waals surface area contributed by atoms with Gasteiger partial charge in [-0.25, -0.2) is 9.67 Å². The predicted octanol–water partition coefficient (Wildman–Crippen LogP) is 4.99. The van der Waals surface area contributed by atoms with Crippen LogP contribution in [-0.2, 0) is 6.42 Å². The molecular weight excluding hydrogens is 412 g/mol. The molecule has 0 fully saturated rings. The van der Waals surface area contributed by atoms with Crippen LogP contribution in [0.4, 0.5) is 0 Å². The van der Waals surface area contributed by atoms with Crippen LogP contribution < -0.4 is 5.32 Å². The fourth-order valence-corrected chi connectivity index (χ4v) is 4.83. The number of hydrogen-bond acceptors (Lipinski definition) is 5. The number of carbonyl (C=O) groups excluding carboxylic acids is 1. The van der Waals surface area contributed by atoms with E-state index in [0.29, 0.717) is 22.2 Å². The van der Waals surface area contributed by atoms with Crippen molar-refractivity contribution < 1.29 is 4.79 Å². The zero-order chi connectivity index (χ0) is 19.5. The van der Waals surface area contributed by atoms with Crippen LogP contribution in [0.15, 0.2) is 54.9 Å². The number of thiophene rings is 1. The molecule has 0 spiro atoms. The van der Waals surface area contributed by atoms with Crippen LogP contribution in [-0.4, -0.2) is 27.2 Å². The fourth-order valence-electron chi connectivity index (χ4n) is 2.75. The molecule has 142 valence electrons. The summed E-state index contributed by atoms with van der Waals surface area (Å²) in [6.07, 6.45) is 4.53. The van der Waals surface area contributed by atoms with Crippen molar-refractivity contribution in [2.75, 3.05) is 6.54 Å². The zero-order valence-corrected chi connectivity index (χ0v) is 17.4.